The fourth-order valence-electron chi connectivity index (χ4n) is 2.56. The standard InChI is InChI=1S/C22H22N2O4/c1-15-5-6-16(2)20(12-15)28-14-21(25)23-13-17-7-9-18(10-8-17)24-22(26)19-4-3-11-27-19/h3-12H,13-14H2,1-2H3,(H,23,25)(H,24,26). The van der Waals surface area contributed by atoms with Gasteiger partial charge in [0.15, 0.2) is 12.4 Å². The fourth-order valence-corrected chi connectivity index (χ4v) is 2.56. The van der Waals surface area contributed by atoms with Gasteiger partial charge in [-0.2, -0.15) is 0 Å². The van der Waals surface area contributed by atoms with Gasteiger partial charge >= 0.3 is 0 Å². The van der Waals surface area contributed by atoms with E-state index in [1.807, 2.05) is 44.2 Å². The van der Waals surface area contributed by atoms with Crippen LogP contribution in [0.3, 0.4) is 0 Å². The molecule has 2 N–H and O–H groups in total. The monoisotopic (exact) mass is 378 g/mol. The van der Waals surface area contributed by atoms with Gasteiger partial charge in [0.1, 0.15) is 5.75 Å². The first-order valence-electron chi connectivity index (χ1n) is 8.92. The van der Waals surface area contributed by atoms with Crippen LogP contribution in [0.5, 0.6) is 5.75 Å². The second-order valence-electron chi connectivity index (χ2n) is 6.46. The lowest BCUT2D eigenvalue weighted by molar-refractivity contribution is -0.123. The van der Waals surface area contributed by atoms with Gasteiger partial charge in [0.25, 0.3) is 11.8 Å². The van der Waals surface area contributed by atoms with E-state index in [1.54, 1.807) is 24.3 Å². The molecule has 0 saturated carbocycles. The van der Waals surface area contributed by atoms with E-state index in [4.69, 9.17) is 9.15 Å². The maximum Gasteiger partial charge on any atom is 0.291 e. The number of carbonyl (C=O) groups excluding carboxylic acids is 2. The van der Waals surface area contributed by atoms with E-state index in [0.717, 1.165) is 16.7 Å². The van der Waals surface area contributed by atoms with E-state index in [1.165, 1.54) is 6.26 Å². The van der Waals surface area contributed by atoms with E-state index in [2.05, 4.69) is 10.6 Å². The molecule has 0 fully saturated rings. The second-order valence-corrected chi connectivity index (χ2v) is 6.46. The van der Waals surface area contributed by atoms with Crippen LogP contribution in [0.15, 0.2) is 65.3 Å². The Labute approximate surface area is 163 Å². The molecule has 3 aromatic rings. The van der Waals surface area contributed by atoms with Crippen LogP contribution >= 0.6 is 0 Å². The number of ether oxygens (including phenoxy) is 1. The molecule has 0 spiro atoms. The minimum atomic E-state index is -0.311. The molecule has 28 heavy (non-hydrogen) atoms. The molecule has 0 aliphatic rings. The van der Waals surface area contributed by atoms with Gasteiger partial charge in [-0.15, -0.1) is 0 Å². The van der Waals surface area contributed by atoms with Crippen LogP contribution in [0, 0.1) is 13.8 Å². The van der Waals surface area contributed by atoms with Crippen molar-refractivity contribution in [2.75, 3.05) is 11.9 Å². The second kappa shape index (κ2) is 8.90. The molecular weight excluding hydrogens is 356 g/mol. The maximum absolute atomic E-state index is 12.0. The number of rotatable bonds is 7. The van der Waals surface area contributed by atoms with E-state index in [-0.39, 0.29) is 24.2 Å². The summed E-state index contributed by atoms with van der Waals surface area (Å²) in [6, 6.07) is 16.4. The number of furan rings is 1. The van der Waals surface area contributed by atoms with Gasteiger partial charge < -0.3 is 19.8 Å². The highest BCUT2D eigenvalue weighted by Gasteiger charge is 2.09. The summed E-state index contributed by atoms with van der Waals surface area (Å²) in [5, 5.41) is 5.56. The van der Waals surface area contributed by atoms with Crippen molar-refractivity contribution in [2.45, 2.75) is 20.4 Å². The molecule has 0 bridgehead atoms. The minimum Gasteiger partial charge on any atom is -0.483 e. The Morgan fingerprint density at radius 3 is 2.54 bits per heavy atom. The number of amides is 2. The van der Waals surface area contributed by atoms with Crippen LogP contribution in [-0.2, 0) is 11.3 Å². The lowest BCUT2D eigenvalue weighted by atomic mass is 10.1. The summed E-state index contributed by atoms with van der Waals surface area (Å²) in [4.78, 5) is 24.0. The lowest BCUT2D eigenvalue weighted by Crippen LogP contribution is -2.28. The zero-order valence-electron chi connectivity index (χ0n) is 15.8. The first-order chi connectivity index (χ1) is 13.5. The number of nitrogens with one attached hydrogen (secondary N) is 2. The molecule has 0 radical (unpaired) electrons. The number of anilines is 1. The Morgan fingerprint density at radius 2 is 1.82 bits per heavy atom. The van der Waals surface area contributed by atoms with Gasteiger partial charge in [-0.05, 0) is 60.9 Å². The van der Waals surface area contributed by atoms with Crippen molar-refractivity contribution < 1.29 is 18.7 Å². The van der Waals surface area contributed by atoms with Crippen LogP contribution in [0.25, 0.3) is 0 Å². The Morgan fingerprint density at radius 1 is 1.04 bits per heavy atom. The van der Waals surface area contributed by atoms with Crippen LogP contribution in [0.4, 0.5) is 5.69 Å². The molecule has 0 saturated heterocycles. The first kappa shape index (κ1) is 19.2. The predicted octanol–water partition coefficient (Wildman–Crippen LogP) is 3.84. The summed E-state index contributed by atoms with van der Waals surface area (Å²) in [5.41, 5.74) is 3.64. The molecule has 0 atom stereocenters. The number of hydrogen-bond donors (Lipinski definition) is 2. The average molecular weight is 378 g/mol. The van der Waals surface area contributed by atoms with Crippen molar-refractivity contribution in [3.63, 3.8) is 0 Å². The largest absolute Gasteiger partial charge is 0.483 e. The Bertz CT molecular complexity index is 947. The topological polar surface area (TPSA) is 80.6 Å². The summed E-state index contributed by atoms with van der Waals surface area (Å²) in [7, 11) is 0. The number of hydrogen-bond acceptors (Lipinski definition) is 4. The third kappa shape index (κ3) is 5.23. The van der Waals surface area contributed by atoms with E-state index < -0.39 is 0 Å². The van der Waals surface area contributed by atoms with E-state index in [9.17, 15) is 9.59 Å². The highest BCUT2D eigenvalue weighted by atomic mass is 16.5. The van der Waals surface area contributed by atoms with Crippen molar-refractivity contribution in [1.29, 1.82) is 0 Å². The zero-order chi connectivity index (χ0) is 19.9. The molecule has 0 aliphatic carbocycles. The van der Waals surface area contributed by atoms with Gasteiger partial charge in [0.2, 0.25) is 0 Å². The molecule has 2 amide bonds. The Kier molecular flexibility index (Phi) is 6.11. The molecular formula is C22H22N2O4. The molecule has 3 rings (SSSR count). The number of aryl methyl sites for hydroxylation is 2. The number of carbonyl (C=O) groups is 2. The van der Waals surface area contributed by atoms with Crippen LogP contribution < -0.4 is 15.4 Å². The van der Waals surface area contributed by atoms with Gasteiger partial charge in [-0.1, -0.05) is 24.3 Å². The highest BCUT2D eigenvalue weighted by molar-refractivity contribution is 6.02. The van der Waals surface area contributed by atoms with Gasteiger partial charge in [-0.3, -0.25) is 9.59 Å². The number of benzene rings is 2. The van der Waals surface area contributed by atoms with Crippen molar-refractivity contribution >= 4 is 17.5 Å². The summed E-state index contributed by atoms with van der Waals surface area (Å²) >= 11 is 0. The maximum atomic E-state index is 12.0. The molecule has 6 nitrogen and oxygen atoms in total. The van der Waals surface area contributed by atoms with E-state index in [0.29, 0.717) is 18.0 Å². The van der Waals surface area contributed by atoms with Crippen molar-refractivity contribution in [2.24, 2.45) is 0 Å². The summed E-state index contributed by atoms with van der Waals surface area (Å²) < 4.78 is 10.7. The van der Waals surface area contributed by atoms with Crippen molar-refractivity contribution in [3.8, 4) is 5.75 Å². The Balaban J connectivity index is 1.46. The average Bonchev–Trinajstić information content (AvgIpc) is 3.23. The first-order valence-corrected chi connectivity index (χ1v) is 8.92. The molecule has 0 unspecified atom stereocenters. The molecule has 1 heterocycles. The van der Waals surface area contributed by atoms with Gasteiger partial charge in [0, 0.05) is 12.2 Å². The highest BCUT2D eigenvalue weighted by Crippen LogP contribution is 2.19. The fraction of sp³-hybridized carbons (Fsp3) is 0.182. The van der Waals surface area contributed by atoms with Gasteiger partial charge in [0.05, 0.1) is 6.26 Å². The molecule has 144 valence electrons. The molecule has 6 heteroatoms. The third-order valence-electron chi connectivity index (χ3n) is 4.15. The quantitative estimate of drug-likeness (QED) is 0.654. The van der Waals surface area contributed by atoms with Crippen LogP contribution in [-0.4, -0.2) is 18.4 Å². The summed E-state index contributed by atoms with van der Waals surface area (Å²) in [6.07, 6.45) is 1.45. The predicted molar refractivity (Wildman–Crippen MR) is 106 cm³/mol. The molecule has 0 aliphatic heterocycles. The smallest absolute Gasteiger partial charge is 0.291 e. The van der Waals surface area contributed by atoms with Crippen molar-refractivity contribution in [1.82, 2.24) is 5.32 Å². The van der Waals surface area contributed by atoms with Crippen LogP contribution in [0.1, 0.15) is 27.2 Å². The minimum absolute atomic E-state index is 0.0401. The Hall–Kier alpha value is -3.54. The van der Waals surface area contributed by atoms with Crippen LogP contribution in [0.2, 0.25) is 0 Å². The normalized spacial score (nSPS) is 10.4. The molecule has 1 aromatic heterocycles. The lowest BCUT2D eigenvalue weighted by Gasteiger charge is -2.11. The van der Waals surface area contributed by atoms with Crippen molar-refractivity contribution in [3.05, 3.63) is 83.3 Å². The SMILES string of the molecule is Cc1ccc(C)c(OCC(=O)NCc2ccc(NC(=O)c3ccco3)cc2)c1. The summed E-state index contributed by atoms with van der Waals surface area (Å²) in [5.74, 6) is 0.456. The third-order valence-corrected chi connectivity index (χ3v) is 4.15. The summed E-state index contributed by atoms with van der Waals surface area (Å²) in [6.45, 7) is 4.26. The molecule has 2 aromatic carbocycles. The zero-order valence-corrected chi connectivity index (χ0v) is 15.8. The van der Waals surface area contributed by atoms with Gasteiger partial charge in [-0.25, -0.2) is 0 Å². The van der Waals surface area contributed by atoms with E-state index >= 15 is 0 Å².